The zero-order chi connectivity index (χ0) is 25.1. The minimum absolute atomic E-state index is 0.0506. The van der Waals surface area contributed by atoms with Gasteiger partial charge in [-0.3, -0.25) is 5.10 Å². The van der Waals surface area contributed by atoms with Crippen molar-refractivity contribution in [3.63, 3.8) is 0 Å². The fourth-order valence-electron chi connectivity index (χ4n) is 3.88. The second kappa shape index (κ2) is 10.2. The number of rotatable bonds is 8. The van der Waals surface area contributed by atoms with Crippen LogP contribution in [0.2, 0.25) is 5.02 Å². The van der Waals surface area contributed by atoms with E-state index in [0.29, 0.717) is 46.6 Å². The van der Waals surface area contributed by atoms with E-state index in [9.17, 15) is 5.11 Å². The second-order valence-corrected chi connectivity index (χ2v) is 8.77. The third kappa shape index (κ3) is 4.92. The molecule has 0 spiro atoms. The molecule has 36 heavy (non-hydrogen) atoms. The van der Waals surface area contributed by atoms with Crippen LogP contribution >= 0.6 is 11.6 Å². The minimum Gasteiger partial charge on any atom is -0.507 e. The summed E-state index contributed by atoms with van der Waals surface area (Å²) in [5.41, 5.74) is 4.66. The molecule has 0 aliphatic heterocycles. The number of benzene rings is 3. The highest BCUT2D eigenvalue weighted by Crippen LogP contribution is 2.41. The Bertz CT molecular complexity index is 1480. The van der Waals surface area contributed by atoms with E-state index in [4.69, 9.17) is 21.1 Å². The number of nitrogens with one attached hydrogen (secondary N) is 1. The second-order valence-electron chi connectivity index (χ2n) is 8.33. The molecule has 0 fully saturated rings. The summed E-state index contributed by atoms with van der Waals surface area (Å²) in [4.78, 5) is 0. The summed E-state index contributed by atoms with van der Waals surface area (Å²) in [7, 11) is 0. The van der Waals surface area contributed by atoms with Crippen molar-refractivity contribution in [2.75, 3.05) is 0 Å². The molecule has 0 radical (unpaired) electrons. The molecule has 0 aliphatic carbocycles. The largest absolute Gasteiger partial charge is 0.507 e. The topological polar surface area (TPSA) is 85.2 Å². The zero-order valence-electron chi connectivity index (χ0n) is 19.9. The van der Waals surface area contributed by atoms with E-state index in [1.807, 2.05) is 61.1 Å². The summed E-state index contributed by atoms with van der Waals surface area (Å²) in [5, 5.41) is 23.3. The van der Waals surface area contributed by atoms with Crippen LogP contribution in [0.5, 0.6) is 23.0 Å². The number of aromatic hydroxyl groups is 1. The highest BCUT2D eigenvalue weighted by molar-refractivity contribution is 6.30. The van der Waals surface area contributed by atoms with Crippen LogP contribution in [0.15, 0.2) is 79.1 Å². The number of para-hydroxylation sites is 1. The smallest absolute Gasteiger partial charge is 0.176 e. The van der Waals surface area contributed by atoms with Gasteiger partial charge in [-0.1, -0.05) is 36.7 Å². The van der Waals surface area contributed by atoms with Crippen LogP contribution in [0.3, 0.4) is 0 Å². The number of phenols is 1. The van der Waals surface area contributed by atoms with Crippen LogP contribution < -0.4 is 9.47 Å². The highest BCUT2D eigenvalue weighted by Gasteiger charge is 2.20. The Morgan fingerprint density at radius 3 is 2.58 bits per heavy atom. The Hall–Kier alpha value is -4.23. The van der Waals surface area contributed by atoms with Crippen molar-refractivity contribution in [2.24, 2.45) is 0 Å². The summed E-state index contributed by atoms with van der Waals surface area (Å²) >= 11 is 5.99. The monoisotopic (exact) mass is 500 g/mol. The lowest BCUT2D eigenvalue weighted by atomic mass is 10.0. The van der Waals surface area contributed by atoms with Gasteiger partial charge in [0.05, 0.1) is 17.6 Å². The fraction of sp³-hybridized carbons (Fsp3) is 0.143. The summed E-state index contributed by atoms with van der Waals surface area (Å²) < 4.78 is 14.0. The molecule has 0 unspecified atom stereocenters. The van der Waals surface area contributed by atoms with Crippen molar-refractivity contribution < 1.29 is 14.6 Å². The van der Waals surface area contributed by atoms with Gasteiger partial charge in [-0.15, -0.1) is 0 Å². The predicted molar refractivity (Wildman–Crippen MR) is 139 cm³/mol. The standard InChI is InChI=1S/C28H25ClN4O3/c1-3-20-13-24(27-28(18(2)31-32-27)36-23-11-9-21(29)10-12-23)25(34)14-26(20)35-17-19-15-30-33(16-19)22-7-5-4-6-8-22/h4-16,34H,3,17H2,1-2H3,(H,31,32). The first-order chi connectivity index (χ1) is 17.5. The SMILES string of the molecule is CCc1cc(-c2n[nH]c(C)c2Oc2ccc(Cl)cc2)c(O)cc1OCc1cnn(-c2ccccc2)c1. The van der Waals surface area contributed by atoms with Crippen molar-refractivity contribution in [2.45, 2.75) is 26.9 Å². The average molecular weight is 501 g/mol. The van der Waals surface area contributed by atoms with Crippen molar-refractivity contribution in [1.82, 2.24) is 20.0 Å². The Labute approximate surface area is 213 Å². The van der Waals surface area contributed by atoms with E-state index in [1.54, 1.807) is 36.5 Å². The van der Waals surface area contributed by atoms with Gasteiger partial charge in [0.15, 0.2) is 5.75 Å². The lowest BCUT2D eigenvalue weighted by Gasteiger charge is -2.14. The fourth-order valence-corrected chi connectivity index (χ4v) is 4.00. The Balaban J connectivity index is 1.38. The molecule has 0 aliphatic rings. The van der Waals surface area contributed by atoms with Crippen LogP contribution in [0.4, 0.5) is 0 Å². The third-order valence-electron chi connectivity index (χ3n) is 5.79. The molecule has 0 saturated carbocycles. The average Bonchev–Trinajstić information content (AvgIpc) is 3.52. The first-order valence-electron chi connectivity index (χ1n) is 11.6. The molecule has 182 valence electrons. The highest BCUT2D eigenvalue weighted by atomic mass is 35.5. The van der Waals surface area contributed by atoms with Crippen LogP contribution in [0.1, 0.15) is 23.7 Å². The normalized spacial score (nSPS) is 11.0. The molecule has 2 aromatic heterocycles. The molecule has 0 bridgehead atoms. The van der Waals surface area contributed by atoms with E-state index < -0.39 is 0 Å². The summed E-state index contributed by atoms with van der Waals surface area (Å²) in [6.45, 7) is 4.23. The van der Waals surface area contributed by atoms with E-state index >= 15 is 0 Å². The van der Waals surface area contributed by atoms with Gasteiger partial charge in [-0.05, 0) is 61.4 Å². The van der Waals surface area contributed by atoms with Gasteiger partial charge in [0.1, 0.15) is 29.5 Å². The van der Waals surface area contributed by atoms with E-state index in [1.165, 1.54) is 0 Å². The number of aromatic nitrogens is 4. The number of halogens is 1. The van der Waals surface area contributed by atoms with Crippen molar-refractivity contribution in [3.8, 4) is 39.9 Å². The first-order valence-corrected chi connectivity index (χ1v) is 12.0. The molecule has 5 rings (SSSR count). The zero-order valence-corrected chi connectivity index (χ0v) is 20.7. The van der Waals surface area contributed by atoms with Gasteiger partial charge in [0.25, 0.3) is 0 Å². The molecule has 0 saturated heterocycles. The maximum atomic E-state index is 10.9. The number of aryl methyl sites for hydroxylation is 2. The number of ether oxygens (including phenoxy) is 2. The molecule has 3 aromatic carbocycles. The lowest BCUT2D eigenvalue weighted by Crippen LogP contribution is -1.99. The van der Waals surface area contributed by atoms with E-state index in [2.05, 4.69) is 15.3 Å². The van der Waals surface area contributed by atoms with Crippen molar-refractivity contribution >= 4 is 11.6 Å². The van der Waals surface area contributed by atoms with E-state index in [0.717, 1.165) is 22.5 Å². The third-order valence-corrected chi connectivity index (χ3v) is 6.04. The molecule has 2 heterocycles. The van der Waals surface area contributed by atoms with Gasteiger partial charge >= 0.3 is 0 Å². The summed E-state index contributed by atoms with van der Waals surface area (Å²) in [6.07, 6.45) is 4.42. The Morgan fingerprint density at radius 2 is 1.83 bits per heavy atom. The Morgan fingerprint density at radius 1 is 1.06 bits per heavy atom. The van der Waals surface area contributed by atoms with Crippen LogP contribution in [0.25, 0.3) is 16.9 Å². The maximum absolute atomic E-state index is 10.9. The van der Waals surface area contributed by atoms with Gasteiger partial charge in [-0.2, -0.15) is 10.2 Å². The van der Waals surface area contributed by atoms with Crippen molar-refractivity contribution in [1.29, 1.82) is 0 Å². The molecule has 5 aromatic rings. The molecule has 2 N–H and O–H groups in total. The molecule has 8 heteroatoms. The van der Waals surface area contributed by atoms with Gasteiger partial charge < -0.3 is 14.6 Å². The Kier molecular flexibility index (Phi) is 6.64. The van der Waals surface area contributed by atoms with Crippen LogP contribution in [-0.4, -0.2) is 25.1 Å². The molecule has 7 nitrogen and oxygen atoms in total. The number of phenolic OH excluding ortho intramolecular Hbond substituents is 1. The molecule has 0 amide bonds. The van der Waals surface area contributed by atoms with Gasteiger partial charge in [0, 0.05) is 28.4 Å². The van der Waals surface area contributed by atoms with Gasteiger partial charge in [0.2, 0.25) is 0 Å². The van der Waals surface area contributed by atoms with Crippen molar-refractivity contribution in [3.05, 3.63) is 101 Å². The van der Waals surface area contributed by atoms with Gasteiger partial charge in [-0.25, -0.2) is 4.68 Å². The maximum Gasteiger partial charge on any atom is 0.176 e. The number of H-pyrrole nitrogens is 1. The van der Waals surface area contributed by atoms with Crippen LogP contribution in [0, 0.1) is 6.92 Å². The molecular formula is C28H25ClN4O3. The van der Waals surface area contributed by atoms with E-state index in [-0.39, 0.29) is 5.75 Å². The lowest BCUT2D eigenvalue weighted by molar-refractivity contribution is 0.301. The number of hydrogen-bond donors (Lipinski definition) is 2. The summed E-state index contributed by atoms with van der Waals surface area (Å²) in [5.74, 6) is 1.82. The number of hydrogen-bond acceptors (Lipinski definition) is 5. The quantitative estimate of drug-likeness (QED) is 0.243. The number of aromatic amines is 1. The predicted octanol–water partition coefficient (Wildman–Crippen LogP) is 6.86. The number of nitrogens with zero attached hydrogens (tertiary/aromatic N) is 3. The summed E-state index contributed by atoms with van der Waals surface area (Å²) in [6, 6.07) is 20.5. The molecule has 0 atom stereocenters. The minimum atomic E-state index is 0.0506. The first kappa shape index (κ1) is 23.5. The van der Waals surface area contributed by atoms with Crippen LogP contribution in [-0.2, 0) is 13.0 Å². The molecular weight excluding hydrogens is 476 g/mol.